The lowest BCUT2D eigenvalue weighted by Crippen LogP contribution is -2.14. The summed E-state index contributed by atoms with van der Waals surface area (Å²) < 4.78 is 1.82. The van der Waals surface area contributed by atoms with Gasteiger partial charge in [0.2, 0.25) is 0 Å². The van der Waals surface area contributed by atoms with Gasteiger partial charge in [0.25, 0.3) is 17.3 Å². The van der Waals surface area contributed by atoms with E-state index < -0.39 is 27.1 Å². The average molecular weight is 460 g/mol. The number of anilines is 1. The van der Waals surface area contributed by atoms with Crippen molar-refractivity contribution in [3.63, 3.8) is 0 Å². The largest absolute Gasteiger partial charge is 0.321 e. The average Bonchev–Trinajstić information content (AvgIpc) is 3.19. The van der Waals surface area contributed by atoms with Gasteiger partial charge >= 0.3 is 0 Å². The van der Waals surface area contributed by atoms with Crippen LogP contribution in [0.3, 0.4) is 0 Å². The number of benzene rings is 2. The molecule has 0 spiro atoms. The minimum Gasteiger partial charge on any atom is -0.321 e. The van der Waals surface area contributed by atoms with Gasteiger partial charge in [-0.3, -0.25) is 29.7 Å². The number of carbonyl (C=O) groups is 1. The lowest BCUT2D eigenvalue weighted by atomic mass is 10.0. The predicted molar refractivity (Wildman–Crippen MR) is 126 cm³/mol. The van der Waals surface area contributed by atoms with Crippen LogP contribution >= 0.6 is 0 Å². The van der Waals surface area contributed by atoms with Crippen LogP contribution in [0.4, 0.5) is 17.1 Å². The Labute approximate surface area is 193 Å². The first-order valence-electron chi connectivity index (χ1n) is 10.4. The molecule has 2 aromatic heterocycles. The Bertz CT molecular complexity index is 1440. The van der Waals surface area contributed by atoms with Crippen molar-refractivity contribution in [3.05, 3.63) is 85.7 Å². The van der Waals surface area contributed by atoms with Crippen LogP contribution in [0.25, 0.3) is 22.2 Å². The molecule has 0 unspecified atom stereocenters. The third-order valence-corrected chi connectivity index (χ3v) is 5.64. The monoisotopic (exact) mass is 460 g/mol. The fourth-order valence-corrected chi connectivity index (χ4v) is 3.85. The number of amides is 1. The molecule has 172 valence electrons. The minimum atomic E-state index is -0.716. The Morgan fingerprint density at radius 1 is 1.06 bits per heavy atom. The maximum absolute atomic E-state index is 13.3. The van der Waals surface area contributed by atoms with Gasteiger partial charge in [-0.2, -0.15) is 5.10 Å². The van der Waals surface area contributed by atoms with Gasteiger partial charge in [0.1, 0.15) is 5.56 Å². The van der Waals surface area contributed by atoms with Crippen LogP contribution in [-0.4, -0.2) is 30.5 Å². The van der Waals surface area contributed by atoms with Gasteiger partial charge in [0, 0.05) is 35.3 Å². The Hall–Kier alpha value is -4.67. The zero-order valence-corrected chi connectivity index (χ0v) is 18.6. The van der Waals surface area contributed by atoms with Crippen molar-refractivity contribution < 1.29 is 14.6 Å². The summed E-state index contributed by atoms with van der Waals surface area (Å²) in [6.07, 6.45) is 1.68. The molecule has 0 radical (unpaired) electrons. The predicted octanol–water partition coefficient (Wildman–Crippen LogP) is 4.80. The highest BCUT2D eigenvalue weighted by atomic mass is 16.6. The quantitative estimate of drug-likeness (QED) is 0.321. The van der Waals surface area contributed by atoms with E-state index in [1.165, 1.54) is 6.92 Å². The maximum Gasteiger partial charge on any atom is 0.281 e. The number of hydrogen-bond donors (Lipinski definition) is 1. The number of hydrogen-bond acceptors (Lipinski definition) is 7. The van der Waals surface area contributed by atoms with Crippen LogP contribution in [0.2, 0.25) is 0 Å². The van der Waals surface area contributed by atoms with Crippen LogP contribution in [-0.2, 0) is 6.54 Å². The number of aryl methyl sites for hydroxylation is 1. The zero-order chi connectivity index (χ0) is 24.6. The Balaban J connectivity index is 1.82. The fourth-order valence-electron chi connectivity index (χ4n) is 3.85. The number of nitrogens with one attached hydrogen (secondary N) is 1. The van der Waals surface area contributed by atoms with E-state index in [0.717, 1.165) is 23.4 Å². The molecule has 1 amide bonds. The lowest BCUT2D eigenvalue weighted by Gasteiger charge is -2.11. The standard InChI is InChI=1S/C23H20N6O5/c1-4-27-14(3)18(12-24-27)20-11-17(16-7-5-6-8-19(16)26-20)23(30)25-15-9-21(28(31)32)13(2)22(10-15)29(33)34/h5-12H,4H2,1-3H3,(H,25,30). The second-order valence-corrected chi connectivity index (χ2v) is 7.64. The summed E-state index contributed by atoms with van der Waals surface area (Å²) in [6, 6.07) is 10.9. The molecule has 2 heterocycles. The molecule has 0 saturated carbocycles. The first-order valence-corrected chi connectivity index (χ1v) is 10.4. The third-order valence-electron chi connectivity index (χ3n) is 5.64. The van der Waals surface area contributed by atoms with Gasteiger partial charge in [-0.1, -0.05) is 18.2 Å². The van der Waals surface area contributed by atoms with E-state index in [-0.39, 0.29) is 16.8 Å². The summed E-state index contributed by atoms with van der Waals surface area (Å²) in [7, 11) is 0. The van der Waals surface area contributed by atoms with Crippen molar-refractivity contribution >= 4 is 33.9 Å². The van der Waals surface area contributed by atoms with Gasteiger partial charge in [-0.15, -0.1) is 0 Å². The molecule has 4 rings (SSSR count). The summed E-state index contributed by atoms with van der Waals surface area (Å²) in [6.45, 7) is 5.85. The SMILES string of the molecule is CCn1ncc(-c2cc(C(=O)Nc3cc([N+](=O)[O-])c(C)c([N+](=O)[O-])c3)c3ccccc3n2)c1C. The molecule has 0 saturated heterocycles. The highest BCUT2D eigenvalue weighted by Crippen LogP contribution is 2.33. The topological polar surface area (TPSA) is 146 Å². The van der Waals surface area contributed by atoms with Crippen molar-refractivity contribution in [3.8, 4) is 11.3 Å². The van der Waals surface area contributed by atoms with Crippen LogP contribution < -0.4 is 5.32 Å². The number of para-hydroxylation sites is 1. The van der Waals surface area contributed by atoms with E-state index in [9.17, 15) is 25.0 Å². The Morgan fingerprint density at radius 3 is 2.29 bits per heavy atom. The number of rotatable bonds is 6. The smallest absolute Gasteiger partial charge is 0.281 e. The Kier molecular flexibility index (Phi) is 5.76. The molecule has 0 aliphatic heterocycles. The van der Waals surface area contributed by atoms with Gasteiger partial charge in [0.05, 0.1) is 38.5 Å². The van der Waals surface area contributed by atoms with Crippen molar-refractivity contribution in [2.24, 2.45) is 0 Å². The summed E-state index contributed by atoms with van der Waals surface area (Å²) in [4.78, 5) is 39.3. The van der Waals surface area contributed by atoms with Crippen LogP contribution in [0.5, 0.6) is 0 Å². The fraction of sp³-hybridized carbons (Fsp3) is 0.174. The number of nitrogens with zero attached hydrogens (tertiary/aromatic N) is 5. The van der Waals surface area contributed by atoms with E-state index in [4.69, 9.17) is 0 Å². The number of pyridine rings is 1. The number of carbonyl (C=O) groups excluding carboxylic acids is 1. The first kappa shape index (κ1) is 22.5. The van der Waals surface area contributed by atoms with Crippen molar-refractivity contribution in [1.29, 1.82) is 0 Å². The number of fused-ring (bicyclic) bond motifs is 1. The zero-order valence-electron chi connectivity index (χ0n) is 18.6. The molecule has 34 heavy (non-hydrogen) atoms. The van der Waals surface area contributed by atoms with Crippen LogP contribution in [0.1, 0.15) is 28.5 Å². The summed E-state index contributed by atoms with van der Waals surface area (Å²) in [5.41, 5.74) is 2.01. The van der Waals surface area contributed by atoms with E-state index in [2.05, 4.69) is 15.4 Å². The second-order valence-electron chi connectivity index (χ2n) is 7.64. The summed E-state index contributed by atoms with van der Waals surface area (Å²) in [5.74, 6) is -0.576. The molecule has 0 bridgehead atoms. The van der Waals surface area contributed by atoms with Gasteiger partial charge in [0.15, 0.2) is 0 Å². The van der Waals surface area contributed by atoms with Crippen molar-refractivity contribution in [2.75, 3.05) is 5.32 Å². The molecule has 2 aromatic carbocycles. The normalized spacial score (nSPS) is 10.9. The van der Waals surface area contributed by atoms with Crippen molar-refractivity contribution in [1.82, 2.24) is 14.8 Å². The minimum absolute atomic E-state index is 0.0496. The lowest BCUT2D eigenvalue weighted by molar-refractivity contribution is -0.395. The van der Waals surface area contributed by atoms with Crippen LogP contribution in [0.15, 0.2) is 48.7 Å². The van der Waals surface area contributed by atoms with Gasteiger partial charge in [-0.05, 0) is 32.9 Å². The maximum atomic E-state index is 13.3. The molecular formula is C23H20N6O5. The van der Waals surface area contributed by atoms with Crippen molar-refractivity contribution in [2.45, 2.75) is 27.3 Å². The molecule has 11 nitrogen and oxygen atoms in total. The van der Waals surface area contributed by atoms with E-state index >= 15 is 0 Å². The molecule has 0 aliphatic rings. The molecule has 11 heteroatoms. The van der Waals surface area contributed by atoms with E-state index in [1.54, 1.807) is 36.5 Å². The second kappa shape index (κ2) is 8.70. The molecule has 0 aliphatic carbocycles. The molecule has 1 N–H and O–H groups in total. The number of aromatic nitrogens is 3. The van der Waals surface area contributed by atoms with Crippen LogP contribution in [0, 0.1) is 34.1 Å². The summed E-state index contributed by atoms with van der Waals surface area (Å²) >= 11 is 0. The van der Waals surface area contributed by atoms with E-state index in [1.807, 2.05) is 18.5 Å². The van der Waals surface area contributed by atoms with E-state index in [0.29, 0.717) is 23.1 Å². The van der Waals surface area contributed by atoms with Gasteiger partial charge in [-0.25, -0.2) is 4.98 Å². The third kappa shape index (κ3) is 3.94. The first-order chi connectivity index (χ1) is 16.2. The molecule has 0 atom stereocenters. The highest BCUT2D eigenvalue weighted by Gasteiger charge is 2.24. The Morgan fingerprint density at radius 2 is 1.71 bits per heavy atom. The molecule has 0 fully saturated rings. The highest BCUT2D eigenvalue weighted by molar-refractivity contribution is 6.13. The summed E-state index contributed by atoms with van der Waals surface area (Å²) in [5, 5.41) is 30.3. The molecule has 4 aromatic rings. The number of nitro benzene ring substituents is 2. The number of nitro groups is 2. The van der Waals surface area contributed by atoms with Gasteiger partial charge < -0.3 is 5.32 Å². The molecular weight excluding hydrogens is 440 g/mol.